The molecule has 0 unspecified atom stereocenters. The molecule has 1 aliphatic rings. The predicted octanol–water partition coefficient (Wildman–Crippen LogP) is 4.53. The van der Waals surface area contributed by atoms with E-state index in [-0.39, 0.29) is 5.91 Å². The maximum atomic E-state index is 12.5. The Bertz CT molecular complexity index is 1060. The molecule has 1 aromatic heterocycles. The third-order valence-corrected chi connectivity index (χ3v) is 5.42. The molecule has 1 aliphatic heterocycles. The molecular formula is C25H28N4O. The smallest absolute Gasteiger partial charge is 0.238 e. The Labute approximate surface area is 178 Å². The highest BCUT2D eigenvalue weighted by Gasteiger charge is 2.17. The zero-order valence-electron chi connectivity index (χ0n) is 17.9. The Kier molecular flexibility index (Phi) is 5.81. The van der Waals surface area contributed by atoms with Crippen LogP contribution in [0.15, 0.2) is 60.9 Å². The summed E-state index contributed by atoms with van der Waals surface area (Å²) in [4.78, 5) is 14.6. The maximum Gasteiger partial charge on any atom is 0.238 e. The minimum atomic E-state index is 0.0315. The van der Waals surface area contributed by atoms with Crippen LogP contribution in [0.2, 0.25) is 0 Å². The van der Waals surface area contributed by atoms with Crippen molar-refractivity contribution in [2.45, 2.75) is 27.2 Å². The van der Waals surface area contributed by atoms with Crippen LogP contribution in [-0.2, 0) is 4.79 Å². The molecule has 0 bridgehead atoms. The molecule has 2 aromatic carbocycles. The molecule has 30 heavy (non-hydrogen) atoms. The summed E-state index contributed by atoms with van der Waals surface area (Å²) in [6, 6.07) is 14.5. The molecule has 0 saturated heterocycles. The number of aryl methyl sites for hydroxylation is 3. The molecule has 0 atom stereocenters. The standard InChI is InChI=1S/C25H28N4O/c1-18-4-6-24(7-5-18)29-16-22(15-26-29)21-8-10-28(11-9-21)17-25(30)27-23-13-19(2)12-20(3)14-23/h4-8,12-16H,9-11,17H2,1-3H3,(H,27,30). The van der Waals surface area contributed by atoms with Crippen molar-refractivity contribution in [3.05, 3.63) is 83.2 Å². The SMILES string of the molecule is Cc1ccc(-n2cc(C3=CCN(CC(=O)Nc4cc(C)cc(C)c4)CC3)cn2)cc1. The molecule has 4 rings (SSSR count). The fourth-order valence-electron chi connectivity index (χ4n) is 3.89. The first kappa shape index (κ1) is 20.1. The van der Waals surface area contributed by atoms with Gasteiger partial charge in [0.1, 0.15) is 0 Å². The van der Waals surface area contributed by atoms with Crippen molar-refractivity contribution in [3.63, 3.8) is 0 Å². The lowest BCUT2D eigenvalue weighted by Gasteiger charge is -2.25. The zero-order valence-corrected chi connectivity index (χ0v) is 17.9. The van der Waals surface area contributed by atoms with Crippen LogP contribution in [0.3, 0.4) is 0 Å². The molecule has 2 heterocycles. The lowest BCUT2D eigenvalue weighted by molar-refractivity contribution is -0.117. The van der Waals surface area contributed by atoms with E-state index in [0.29, 0.717) is 6.54 Å². The van der Waals surface area contributed by atoms with Gasteiger partial charge in [-0.05, 0) is 68.2 Å². The summed E-state index contributed by atoms with van der Waals surface area (Å²) in [5.74, 6) is 0.0315. The van der Waals surface area contributed by atoms with E-state index in [0.717, 1.165) is 47.6 Å². The van der Waals surface area contributed by atoms with E-state index >= 15 is 0 Å². The Balaban J connectivity index is 1.35. The molecule has 0 saturated carbocycles. The van der Waals surface area contributed by atoms with Crippen LogP contribution in [0.25, 0.3) is 11.3 Å². The Morgan fingerprint density at radius 2 is 1.77 bits per heavy atom. The van der Waals surface area contributed by atoms with Gasteiger partial charge in [0.2, 0.25) is 5.91 Å². The first-order chi connectivity index (χ1) is 14.5. The van der Waals surface area contributed by atoms with E-state index in [4.69, 9.17) is 0 Å². The van der Waals surface area contributed by atoms with Crippen LogP contribution in [-0.4, -0.2) is 40.2 Å². The molecule has 3 aromatic rings. The van der Waals surface area contributed by atoms with Crippen molar-refractivity contribution in [2.75, 3.05) is 25.0 Å². The first-order valence-electron chi connectivity index (χ1n) is 10.4. The second-order valence-electron chi connectivity index (χ2n) is 8.15. The summed E-state index contributed by atoms with van der Waals surface area (Å²) < 4.78 is 1.92. The number of anilines is 1. The van der Waals surface area contributed by atoms with Gasteiger partial charge in [0, 0.05) is 30.5 Å². The van der Waals surface area contributed by atoms with Crippen LogP contribution in [0.1, 0.15) is 28.7 Å². The zero-order chi connectivity index (χ0) is 21.1. The third kappa shape index (κ3) is 4.86. The Hall–Kier alpha value is -3.18. The summed E-state index contributed by atoms with van der Waals surface area (Å²) in [5, 5.41) is 7.54. The average Bonchev–Trinajstić information content (AvgIpc) is 3.18. The number of hydrogen-bond donors (Lipinski definition) is 1. The highest BCUT2D eigenvalue weighted by Crippen LogP contribution is 2.23. The van der Waals surface area contributed by atoms with Gasteiger partial charge in [0.15, 0.2) is 0 Å². The van der Waals surface area contributed by atoms with E-state index in [1.165, 1.54) is 11.1 Å². The number of aromatic nitrogens is 2. The summed E-state index contributed by atoms with van der Waals surface area (Å²) in [6.07, 6.45) is 7.13. The van der Waals surface area contributed by atoms with Crippen molar-refractivity contribution in [2.24, 2.45) is 0 Å². The highest BCUT2D eigenvalue weighted by atomic mass is 16.2. The molecule has 0 fully saturated rings. The topological polar surface area (TPSA) is 50.2 Å². The average molecular weight is 401 g/mol. The third-order valence-electron chi connectivity index (χ3n) is 5.42. The number of carbonyl (C=O) groups excluding carboxylic acids is 1. The molecular weight excluding hydrogens is 372 g/mol. The summed E-state index contributed by atoms with van der Waals surface area (Å²) >= 11 is 0. The van der Waals surface area contributed by atoms with Crippen LogP contribution in [0, 0.1) is 20.8 Å². The van der Waals surface area contributed by atoms with Gasteiger partial charge >= 0.3 is 0 Å². The quantitative estimate of drug-likeness (QED) is 0.685. The number of nitrogens with zero attached hydrogens (tertiary/aromatic N) is 3. The minimum absolute atomic E-state index is 0.0315. The van der Waals surface area contributed by atoms with Crippen LogP contribution in [0.4, 0.5) is 5.69 Å². The van der Waals surface area contributed by atoms with Crippen LogP contribution >= 0.6 is 0 Å². The lowest BCUT2D eigenvalue weighted by atomic mass is 10.0. The number of benzene rings is 2. The normalized spacial score (nSPS) is 14.4. The summed E-state index contributed by atoms with van der Waals surface area (Å²) in [6.45, 7) is 8.20. The molecule has 5 heteroatoms. The van der Waals surface area contributed by atoms with Crippen molar-refractivity contribution in [1.82, 2.24) is 14.7 Å². The predicted molar refractivity (Wildman–Crippen MR) is 122 cm³/mol. The largest absolute Gasteiger partial charge is 0.325 e. The second-order valence-corrected chi connectivity index (χ2v) is 8.15. The molecule has 0 radical (unpaired) electrons. The monoisotopic (exact) mass is 400 g/mol. The van der Waals surface area contributed by atoms with Crippen LogP contribution in [0.5, 0.6) is 0 Å². The molecule has 5 nitrogen and oxygen atoms in total. The summed E-state index contributed by atoms with van der Waals surface area (Å²) in [7, 11) is 0. The van der Waals surface area contributed by atoms with Gasteiger partial charge in [-0.15, -0.1) is 0 Å². The van der Waals surface area contributed by atoms with Gasteiger partial charge in [-0.2, -0.15) is 5.10 Å². The van der Waals surface area contributed by atoms with Crippen LogP contribution < -0.4 is 5.32 Å². The molecule has 0 spiro atoms. The van der Waals surface area contributed by atoms with Gasteiger partial charge < -0.3 is 5.32 Å². The van der Waals surface area contributed by atoms with E-state index in [1.807, 2.05) is 36.9 Å². The highest BCUT2D eigenvalue weighted by molar-refractivity contribution is 5.92. The molecule has 0 aliphatic carbocycles. The van der Waals surface area contributed by atoms with E-state index < -0.39 is 0 Å². The Morgan fingerprint density at radius 3 is 2.43 bits per heavy atom. The Morgan fingerprint density at radius 1 is 1.03 bits per heavy atom. The summed E-state index contributed by atoms with van der Waals surface area (Å²) in [5.41, 5.74) is 7.92. The van der Waals surface area contributed by atoms with E-state index in [2.05, 4.69) is 64.8 Å². The van der Waals surface area contributed by atoms with Crippen molar-refractivity contribution >= 4 is 17.2 Å². The van der Waals surface area contributed by atoms with Gasteiger partial charge in [0.05, 0.1) is 18.4 Å². The lowest BCUT2D eigenvalue weighted by Crippen LogP contribution is -2.36. The fraction of sp³-hybridized carbons (Fsp3) is 0.280. The number of rotatable bonds is 5. The van der Waals surface area contributed by atoms with Crippen molar-refractivity contribution in [3.8, 4) is 5.69 Å². The van der Waals surface area contributed by atoms with Gasteiger partial charge in [-0.3, -0.25) is 9.69 Å². The number of hydrogen-bond acceptors (Lipinski definition) is 3. The number of nitrogens with one attached hydrogen (secondary N) is 1. The second kappa shape index (κ2) is 8.67. The van der Waals surface area contributed by atoms with Gasteiger partial charge in [-0.1, -0.05) is 29.8 Å². The fourth-order valence-corrected chi connectivity index (χ4v) is 3.89. The van der Waals surface area contributed by atoms with Crippen molar-refractivity contribution in [1.29, 1.82) is 0 Å². The van der Waals surface area contributed by atoms with E-state index in [1.54, 1.807) is 0 Å². The van der Waals surface area contributed by atoms with E-state index in [9.17, 15) is 4.79 Å². The van der Waals surface area contributed by atoms with Gasteiger partial charge in [0.25, 0.3) is 0 Å². The van der Waals surface area contributed by atoms with Gasteiger partial charge in [-0.25, -0.2) is 4.68 Å². The first-order valence-corrected chi connectivity index (χ1v) is 10.4. The molecule has 1 amide bonds. The van der Waals surface area contributed by atoms with Crippen molar-refractivity contribution < 1.29 is 4.79 Å². The maximum absolute atomic E-state index is 12.5. The number of amides is 1. The number of carbonyl (C=O) groups is 1. The molecule has 154 valence electrons. The minimum Gasteiger partial charge on any atom is -0.325 e. The molecule has 1 N–H and O–H groups in total.